The molecule has 17 heteroatoms. The van der Waals surface area contributed by atoms with Crippen molar-refractivity contribution in [2.45, 2.75) is 72.1 Å². The number of nitrogens with zero attached hydrogens (tertiary/aromatic N) is 4. The third-order valence-electron chi connectivity index (χ3n) is 12.7. The van der Waals surface area contributed by atoms with E-state index >= 15 is 0 Å². The number of alkyl halides is 1. The lowest BCUT2D eigenvalue weighted by molar-refractivity contribution is 0.0992. The van der Waals surface area contributed by atoms with Crippen LogP contribution >= 0.6 is 11.6 Å². The summed E-state index contributed by atoms with van der Waals surface area (Å²) >= 11 is 5.64. The van der Waals surface area contributed by atoms with Crippen LogP contribution in [0.5, 0.6) is 0 Å². The van der Waals surface area contributed by atoms with Gasteiger partial charge in [0, 0.05) is 46.4 Å². The molecule has 14 nitrogen and oxygen atoms in total. The van der Waals surface area contributed by atoms with Crippen molar-refractivity contribution >= 4 is 70.8 Å². The van der Waals surface area contributed by atoms with Gasteiger partial charge in [-0.1, -0.05) is 34.6 Å². The molecule has 0 unspecified atom stereocenters. The molecule has 1 aliphatic heterocycles. The molecule has 2 aliphatic carbocycles. The summed E-state index contributed by atoms with van der Waals surface area (Å²) in [6.45, 7) is 8.66. The smallest absolute Gasteiger partial charge is 0.250 e. The molecule has 0 atom stereocenters. The van der Waals surface area contributed by atoms with E-state index < -0.39 is 31.7 Å². The number of carbonyl (C=O) groups is 2. The summed E-state index contributed by atoms with van der Waals surface area (Å²) in [5, 5.41) is 9.97. The molecule has 4 N–H and O–H groups in total. The van der Waals surface area contributed by atoms with Gasteiger partial charge in [0.15, 0.2) is 9.84 Å². The number of amides is 2. The predicted molar refractivity (Wildman–Crippen MR) is 252 cm³/mol. The van der Waals surface area contributed by atoms with Gasteiger partial charge in [-0.2, -0.15) is 0 Å². The standard InChI is InChI=1S/C25H26N4O4S.C23H23ClN2O4S/c1-14-23(15(2)33-27-14)17-10-20-19-7-6-18(29-8-3-9-34(29,31)32)12-22(19)28(13-16-4-5-16)24(20)21(11-17)25(26)30;1-13-22(14(2)30-26-13)17-10-19-18-5-4-15(12-31(28,29)7-3-6-24)8-16(18)9-20(19)21(11-17)23(25)27/h6-7,10-12,16H,3-5,8-9,13H2,1-2H3,(H2,26,30);4-5,8,10-11H,3,6-7,9,12H2,1-2H3,(H2,25,27). The van der Waals surface area contributed by atoms with Gasteiger partial charge in [-0.3, -0.25) is 13.9 Å². The number of benzene rings is 4. The van der Waals surface area contributed by atoms with Crippen molar-refractivity contribution in [1.29, 1.82) is 0 Å². The summed E-state index contributed by atoms with van der Waals surface area (Å²) < 4.78 is 64.1. The van der Waals surface area contributed by atoms with Crippen LogP contribution in [0.1, 0.15) is 86.0 Å². The van der Waals surface area contributed by atoms with E-state index in [9.17, 15) is 26.4 Å². The summed E-state index contributed by atoms with van der Waals surface area (Å²) in [6, 6.07) is 19.1. The lowest BCUT2D eigenvalue weighted by Crippen LogP contribution is -2.25. The normalized spacial score (nSPS) is 15.3. The highest BCUT2D eigenvalue weighted by molar-refractivity contribution is 7.93. The Morgan fingerprint density at radius 1 is 0.831 bits per heavy atom. The van der Waals surface area contributed by atoms with E-state index in [-0.39, 0.29) is 17.3 Å². The summed E-state index contributed by atoms with van der Waals surface area (Å²) in [6.07, 6.45) is 3.88. The molecule has 0 spiro atoms. The molecule has 65 heavy (non-hydrogen) atoms. The summed E-state index contributed by atoms with van der Waals surface area (Å²) in [4.78, 5) is 24.9. The fourth-order valence-electron chi connectivity index (χ4n) is 9.58. The van der Waals surface area contributed by atoms with Gasteiger partial charge in [0.25, 0.3) is 5.91 Å². The Hall–Kier alpha value is -5.97. The zero-order chi connectivity index (χ0) is 46.1. The van der Waals surface area contributed by atoms with Crippen molar-refractivity contribution in [3.63, 3.8) is 0 Å². The van der Waals surface area contributed by atoms with Crippen LogP contribution in [0.15, 0.2) is 69.7 Å². The highest BCUT2D eigenvalue weighted by atomic mass is 35.5. The number of nitrogens with two attached hydrogens (primary N) is 2. The first-order valence-electron chi connectivity index (χ1n) is 21.6. The Labute approximate surface area is 381 Å². The quantitative estimate of drug-likeness (QED) is 0.112. The van der Waals surface area contributed by atoms with Crippen LogP contribution in [0.4, 0.5) is 5.69 Å². The molecule has 4 heterocycles. The molecule has 3 aromatic heterocycles. The van der Waals surface area contributed by atoms with Crippen LogP contribution in [-0.2, 0) is 38.6 Å². The van der Waals surface area contributed by atoms with E-state index in [1.807, 2.05) is 76.2 Å². The lowest BCUT2D eigenvalue weighted by Gasteiger charge is -2.17. The summed E-state index contributed by atoms with van der Waals surface area (Å²) in [5.74, 6) is 1.42. The first-order valence-corrected chi connectivity index (χ1v) is 25.5. The number of carbonyl (C=O) groups excluding carboxylic acids is 2. The molecular formula is C48H49ClN6O8S2. The van der Waals surface area contributed by atoms with Gasteiger partial charge in [-0.25, -0.2) is 16.8 Å². The van der Waals surface area contributed by atoms with E-state index in [1.165, 1.54) is 4.31 Å². The van der Waals surface area contributed by atoms with Gasteiger partial charge in [-0.15, -0.1) is 11.6 Å². The van der Waals surface area contributed by atoms with E-state index in [1.54, 1.807) is 6.07 Å². The number of rotatable bonds is 12. The largest absolute Gasteiger partial charge is 0.366 e. The van der Waals surface area contributed by atoms with E-state index in [2.05, 4.69) is 20.9 Å². The van der Waals surface area contributed by atoms with Crippen LogP contribution in [0.25, 0.3) is 55.2 Å². The minimum absolute atomic E-state index is 0.0273. The predicted octanol–water partition coefficient (Wildman–Crippen LogP) is 8.29. The van der Waals surface area contributed by atoms with Gasteiger partial charge in [-0.05, 0) is 141 Å². The van der Waals surface area contributed by atoms with Gasteiger partial charge >= 0.3 is 0 Å². The first kappa shape index (κ1) is 44.2. The zero-order valence-corrected chi connectivity index (χ0v) is 38.9. The third-order valence-corrected chi connectivity index (χ3v) is 16.5. The summed E-state index contributed by atoms with van der Waals surface area (Å²) in [5.41, 5.74) is 24.2. The lowest BCUT2D eigenvalue weighted by atomic mass is 9.93. The second-order valence-corrected chi connectivity index (χ2v) is 22.0. The van der Waals surface area contributed by atoms with Crippen LogP contribution in [-0.4, -0.2) is 67.5 Å². The molecule has 338 valence electrons. The SMILES string of the molecule is Cc1noc(C)c1-c1cc(C(N)=O)c2c(c1)-c1ccc(CS(=O)(=O)CCCCl)cc1C2.Cc1noc(C)c1-c1cc(C(N)=O)c2c(c1)c1ccc(N3CCCS3(=O)=O)cc1n2CC1CC1. The minimum Gasteiger partial charge on any atom is -0.366 e. The molecule has 2 fully saturated rings. The van der Waals surface area contributed by atoms with E-state index in [4.69, 9.17) is 32.1 Å². The molecule has 2 amide bonds. The number of sulfone groups is 1. The number of sulfonamides is 1. The first-order chi connectivity index (χ1) is 30.9. The summed E-state index contributed by atoms with van der Waals surface area (Å²) in [7, 11) is -6.52. The fourth-order valence-corrected chi connectivity index (χ4v) is 12.8. The monoisotopic (exact) mass is 936 g/mol. The van der Waals surface area contributed by atoms with E-state index in [0.29, 0.717) is 65.9 Å². The molecular weight excluding hydrogens is 888 g/mol. The van der Waals surface area contributed by atoms with Crippen molar-refractivity contribution in [2.75, 3.05) is 28.2 Å². The molecule has 0 radical (unpaired) electrons. The molecule has 3 aliphatic rings. The molecule has 4 aromatic carbocycles. The number of hydrogen-bond acceptors (Lipinski definition) is 10. The molecule has 10 rings (SSSR count). The Balaban J connectivity index is 0.000000165. The molecule has 1 saturated heterocycles. The van der Waals surface area contributed by atoms with Gasteiger partial charge in [0.2, 0.25) is 15.9 Å². The topological polar surface area (TPSA) is 215 Å². The van der Waals surface area contributed by atoms with Crippen LogP contribution < -0.4 is 15.8 Å². The second kappa shape index (κ2) is 16.8. The second-order valence-electron chi connectivity index (χ2n) is 17.4. The van der Waals surface area contributed by atoms with Crippen LogP contribution in [0, 0.1) is 33.6 Å². The van der Waals surface area contributed by atoms with Crippen molar-refractivity contribution < 1.29 is 35.5 Å². The van der Waals surface area contributed by atoms with Crippen molar-refractivity contribution in [1.82, 2.24) is 14.9 Å². The number of fused-ring (bicyclic) bond motifs is 6. The fraction of sp³-hybridized carbons (Fsp3) is 0.333. The zero-order valence-electron chi connectivity index (χ0n) is 36.5. The Morgan fingerprint density at radius 2 is 1.49 bits per heavy atom. The number of primary amides is 2. The molecule has 1 saturated carbocycles. The number of aryl methyl sites for hydroxylation is 4. The van der Waals surface area contributed by atoms with Gasteiger partial charge in [0.05, 0.1) is 50.9 Å². The maximum absolute atomic E-state index is 12.7. The maximum Gasteiger partial charge on any atom is 0.250 e. The van der Waals surface area contributed by atoms with Crippen molar-refractivity contribution in [3.05, 3.63) is 111 Å². The number of aromatic nitrogens is 3. The van der Waals surface area contributed by atoms with Gasteiger partial charge < -0.3 is 25.1 Å². The van der Waals surface area contributed by atoms with Crippen LogP contribution in [0.2, 0.25) is 0 Å². The highest BCUT2D eigenvalue weighted by Crippen LogP contribution is 2.44. The van der Waals surface area contributed by atoms with E-state index in [0.717, 1.165) is 103 Å². The minimum atomic E-state index is -3.30. The molecule has 7 aromatic rings. The van der Waals surface area contributed by atoms with Crippen molar-refractivity contribution in [3.8, 4) is 33.4 Å². The number of halogens is 1. The average Bonchev–Trinajstić information content (AvgIpc) is 3.43. The van der Waals surface area contributed by atoms with Crippen molar-refractivity contribution in [2.24, 2.45) is 17.4 Å². The Morgan fingerprint density at radius 3 is 2.08 bits per heavy atom. The highest BCUT2D eigenvalue weighted by Gasteiger charge is 2.31. The maximum atomic E-state index is 12.7. The number of anilines is 1. The van der Waals surface area contributed by atoms with Crippen LogP contribution in [0.3, 0.4) is 0 Å². The van der Waals surface area contributed by atoms with Gasteiger partial charge in [0.1, 0.15) is 11.5 Å². The Kier molecular flexibility index (Phi) is 11.4. The third kappa shape index (κ3) is 8.31. The average molecular weight is 938 g/mol. The molecule has 0 bridgehead atoms. The Bertz CT molecular complexity index is 3290. The number of hydrogen-bond donors (Lipinski definition) is 2.